The van der Waals surface area contributed by atoms with Gasteiger partial charge < -0.3 is 10.1 Å². The summed E-state index contributed by atoms with van der Waals surface area (Å²) in [5.41, 5.74) is 1.07. The summed E-state index contributed by atoms with van der Waals surface area (Å²) in [7, 11) is 0. The van der Waals surface area contributed by atoms with Crippen LogP contribution in [0.5, 0.6) is 5.75 Å². The molecule has 0 radical (unpaired) electrons. The van der Waals surface area contributed by atoms with Crippen molar-refractivity contribution in [2.75, 3.05) is 13.2 Å². The van der Waals surface area contributed by atoms with Crippen molar-refractivity contribution in [3.8, 4) is 5.75 Å². The van der Waals surface area contributed by atoms with Crippen LogP contribution in [0.4, 0.5) is 8.78 Å². The minimum atomic E-state index is -0.484. The fraction of sp³-hybridized carbons (Fsp3) is 0.538. The first-order valence-corrected chi connectivity index (χ1v) is 6.14. The lowest BCUT2D eigenvalue weighted by Crippen LogP contribution is -2.20. The average molecular weight is 239 g/mol. The fourth-order valence-electron chi connectivity index (χ4n) is 2.73. The Bertz CT molecular complexity index is 442. The van der Waals surface area contributed by atoms with Crippen LogP contribution in [0, 0.1) is 11.6 Å². The fourth-order valence-corrected chi connectivity index (χ4v) is 2.73. The number of nitrogens with one attached hydrogen (secondary N) is 1. The second-order valence-electron chi connectivity index (χ2n) is 4.66. The number of ether oxygens (including phenoxy) is 1. The smallest absolute Gasteiger partial charge is 0.134 e. The van der Waals surface area contributed by atoms with Crippen LogP contribution in [-0.4, -0.2) is 13.2 Å². The highest BCUT2D eigenvalue weighted by Gasteiger charge is 2.29. The summed E-state index contributed by atoms with van der Waals surface area (Å²) in [5, 5.41) is 3.24. The number of benzene rings is 1. The van der Waals surface area contributed by atoms with Crippen molar-refractivity contribution in [2.24, 2.45) is 0 Å². The first kappa shape index (κ1) is 11.0. The molecule has 2 nitrogen and oxygen atoms in total. The van der Waals surface area contributed by atoms with Gasteiger partial charge >= 0.3 is 0 Å². The average Bonchev–Trinajstić information content (AvgIpc) is 2.83. The van der Waals surface area contributed by atoms with Crippen LogP contribution >= 0.6 is 0 Å². The van der Waals surface area contributed by atoms with E-state index in [2.05, 4.69) is 5.32 Å². The molecule has 1 fully saturated rings. The van der Waals surface area contributed by atoms with E-state index in [4.69, 9.17) is 4.74 Å². The van der Waals surface area contributed by atoms with Crippen molar-refractivity contribution in [3.05, 3.63) is 28.8 Å². The van der Waals surface area contributed by atoms with E-state index in [1.807, 2.05) is 0 Å². The summed E-state index contributed by atoms with van der Waals surface area (Å²) in [6, 6.07) is 0.977. The molecule has 1 aromatic rings. The third-order valence-corrected chi connectivity index (χ3v) is 3.54. The molecule has 4 heteroatoms. The van der Waals surface area contributed by atoms with Gasteiger partial charge in [-0.25, -0.2) is 8.78 Å². The standard InChI is InChI=1S/C13H15F2NO/c14-9-7-10(15)12(11-4-1-5-16-11)13-8(9)3-2-6-17-13/h7,11,16H,1-6H2/t11-/m0/s1. The van der Waals surface area contributed by atoms with Crippen molar-refractivity contribution >= 4 is 0 Å². The summed E-state index contributed by atoms with van der Waals surface area (Å²) in [4.78, 5) is 0. The van der Waals surface area contributed by atoms with Gasteiger partial charge in [-0.15, -0.1) is 0 Å². The molecule has 3 rings (SSSR count). The highest BCUT2D eigenvalue weighted by atomic mass is 19.1. The molecule has 0 aliphatic carbocycles. The minimum Gasteiger partial charge on any atom is -0.493 e. The van der Waals surface area contributed by atoms with E-state index in [0.29, 0.717) is 29.9 Å². The number of rotatable bonds is 1. The quantitative estimate of drug-likeness (QED) is 0.813. The number of halogens is 2. The Morgan fingerprint density at radius 1 is 1.24 bits per heavy atom. The maximum atomic E-state index is 13.9. The molecule has 2 heterocycles. The highest BCUT2D eigenvalue weighted by Crippen LogP contribution is 2.39. The monoisotopic (exact) mass is 239 g/mol. The van der Waals surface area contributed by atoms with E-state index in [1.54, 1.807) is 0 Å². The molecule has 1 saturated heterocycles. The second kappa shape index (κ2) is 4.26. The molecule has 1 N–H and O–H groups in total. The van der Waals surface area contributed by atoms with Gasteiger partial charge in [0.05, 0.1) is 6.61 Å². The van der Waals surface area contributed by atoms with Gasteiger partial charge in [-0.3, -0.25) is 0 Å². The molecule has 0 unspecified atom stereocenters. The first-order valence-electron chi connectivity index (χ1n) is 6.14. The SMILES string of the molecule is Fc1cc(F)c([C@@H]2CCCN2)c2c1CCCO2. The zero-order valence-electron chi connectivity index (χ0n) is 9.56. The lowest BCUT2D eigenvalue weighted by atomic mass is 9.96. The van der Waals surface area contributed by atoms with E-state index in [1.165, 1.54) is 0 Å². The molecule has 0 amide bonds. The van der Waals surface area contributed by atoms with Gasteiger partial charge in [0, 0.05) is 23.2 Å². The van der Waals surface area contributed by atoms with E-state index in [9.17, 15) is 8.78 Å². The van der Waals surface area contributed by atoms with Crippen molar-refractivity contribution in [1.29, 1.82) is 0 Å². The van der Waals surface area contributed by atoms with Gasteiger partial charge in [-0.1, -0.05) is 0 Å². The van der Waals surface area contributed by atoms with Crippen LogP contribution in [0.2, 0.25) is 0 Å². The third-order valence-electron chi connectivity index (χ3n) is 3.54. The van der Waals surface area contributed by atoms with Crippen LogP contribution in [0.25, 0.3) is 0 Å². The molecule has 1 aromatic carbocycles. The van der Waals surface area contributed by atoms with Gasteiger partial charge in [-0.05, 0) is 32.2 Å². The lowest BCUT2D eigenvalue weighted by molar-refractivity contribution is 0.274. The molecule has 0 saturated carbocycles. The number of hydrogen-bond donors (Lipinski definition) is 1. The lowest BCUT2D eigenvalue weighted by Gasteiger charge is -2.24. The first-order chi connectivity index (χ1) is 8.27. The van der Waals surface area contributed by atoms with E-state index >= 15 is 0 Å². The van der Waals surface area contributed by atoms with Crippen LogP contribution in [0.3, 0.4) is 0 Å². The topological polar surface area (TPSA) is 21.3 Å². The van der Waals surface area contributed by atoms with Gasteiger partial charge in [0.1, 0.15) is 17.4 Å². The van der Waals surface area contributed by atoms with Gasteiger partial charge in [0.25, 0.3) is 0 Å². The van der Waals surface area contributed by atoms with Gasteiger partial charge in [0.2, 0.25) is 0 Å². The molecule has 1 atom stereocenters. The van der Waals surface area contributed by atoms with Crippen LogP contribution < -0.4 is 10.1 Å². The molecule has 2 aliphatic heterocycles. The molecular weight excluding hydrogens is 224 g/mol. The molecular formula is C13H15F2NO. The van der Waals surface area contributed by atoms with E-state index in [0.717, 1.165) is 31.9 Å². The predicted octanol–water partition coefficient (Wildman–Crippen LogP) is 2.71. The molecule has 17 heavy (non-hydrogen) atoms. The second-order valence-corrected chi connectivity index (χ2v) is 4.66. The minimum absolute atomic E-state index is 0.0255. The molecule has 0 bridgehead atoms. The molecule has 2 aliphatic rings. The number of hydrogen-bond acceptors (Lipinski definition) is 2. The Hall–Kier alpha value is -1.16. The summed E-state index contributed by atoms with van der Waals surface area (Å²) in [6.45, 7) is 1.44. The van der Waals surface area contributed by atoms with Crippen molar-refractivity contribution in [3.63, 3.8) is 0 Å². The summed E-state index contributed by atoms with van der Waals surface area (Å²) < 4.78 is 33.1. The zero-order valence-corrected chi connectivity index (χ0v) is 9.56. The maximum Gasteiger partial charge on any atom is 0.134 e. The highest BCUT2D eigenvalue weighted by molar-refractivity contribution is 5.46. The summed E-state index contributed by atoms with van der Waals surface area (Å²) in [6.07, 6.45) is 3.35. The zero-order chi connectivity index (χ0) is 11.8. The Balaban J connectivity index is 2.12. The number of fused-ring (bicyclic) bond motifs is 1. The Labute approximate surface area is 99.0 Å². The van der Waals surface area contributed by atoms with Crippen molar-refractivity contribution < 1.29 is 13.5 Å². The van der Waals surface area contributed by atoms with Crippen LogP contribution in [-0.2, 0) is 6.42 Å². The van der Waals surface area contributed by atoms with Crippen LogP contribution in [0.15, 0.2) is 6.07 Å². The summed E-state index contributed by atoms with van der Waals surface area (Å²) in [5.74, 6) is -0.505. The van der Waals surface area contributed by atoms with Crippen LogP contribution in [0.1, 0.15) is 36.4 Å². The third kappa shape index (κ3) is 1.80. The van der Waals surface area contributed by atoms with Gasteiger partial charge in [-0.2, -0.15) is 0 Å². The Morgan fingerprint density at radius 3 is 2.88 bits per heavy atom. The molecule has 0 aromatic heterocycles. The molecule has 92 valence electrons. The predicted molar refractivity (Wildman–Crippen MR) is 60.2 cm³/mol. The van der Waals surface area contributed by atoms with Gasteiger partial charge in [0.15, 0.2) is 0 Å². The Morgan fingerprint density at radius 2 is 2.12 bits per heavy atom. The van der Waals surface area contributed by atoms with E-state index in [-0.39, 0.29) is 6.04 Å². The Kier molecular flexibility index (Phi) is 2.74. The summed E-state index contributed by atoms with van der Waals surface area (Å²) >= 11 is 0. The largest absolute Gasteiger partial charge is 0.493 e. The van der Waals surface area contributed by atoms with E-state index < -0.39 is 11.6 Å². The molecule has 0 spiro atoms. The normalized spacial score (nSPS) is 23.3. The van der Waals surface area contributed by atoms with Crippen molar-refractivity contribution in [2.45, 2.75) is 31.7 Å². The van der Waals surface area contributed by atoms with Crippen molar-refractivity contribution in [1.82, 2.24) is 5.32 Å². The maximum absolute atomic E-state index is 13.9.